The summed E-state index contributed by atoms with van der Waals surface area (Å²) in [6.07, 6.45) is 1.09. The van der Waals surface area contributed by atoms with Crippen LogP contribution in [0.5, 0.6) is 11.5 Å². The van der Waals surface area contributed by atoms with Crippen LogP contribution >= 0.6 is 0 Å². The zero-order valence-electron chi connectivity index (χ0n) is 17.9. The second kappa shape index (κ2) is 10.0. The molecule has 0 N–H and O–H groups in total. The van der Waals surface area contributed by atoms with Gasteiger partial charge in [0.05, 0.1) is 6.20 Å². The van der Waals surface area contributed by atoms with Crippen molar-refractivity contribution >= 4 is 16.9 Å². The van der Waals surface area contributed by atoms with Crippen molar-refractivity contribution in [1.82, 2.24) is 4.98 Å². The third-order valence-corrected chi connectivity index (χ3v) is 4.67. The fraction of sp³-hybridized carbons (Fsp3) is 0.217. The number of aryl methyl sites for hydroxylation is 3. The third-order valence-electron chi connectivity index (χ3n) is 4.67. The predicted molar refractivity (Wildman–Crippen MR) is 108 cm³/mol. The molecule has 0 aliphatic rings. The van der Waals surface area contributed by atoms with Gasteiger partial charge in [-0.05, 0) is 61.7 Å². The van der Waals surface area contributed by atoms with E-state index in [0.29, 0.717) is 30.3 Å². The van der Waals surface area contributed by atoms with Crippen LogP contribution in [0.3, 0.4) is 0 Å². The number of aromatic nitrogens is 1. The molecule has 0 radical (unpaired) electrons. The van der Waals surface area contributed by atoms with Gasteiger partial charge in [-0.25, -0.2) is 4.98 Å². The Hall–Kier alpha value is -2.10. The predicted octanol–water partition coefficient (Wildman–Crippen LogP) is 0.838. The Morgan fingerprint density at radius 1 is 0.968 bits per heavy atom. The molecule has 154 valence electrons. The largest absolute Gasteiger partial charge is 1.00 e. The van der Waals surface area contributed by atoms with Gasteiger partial charge in [0, 0.05) is 5.39 Å². The molecular formula is C23H20KNO6. The van der Waals surface area contributed by atoms with Crippen molar-refractivity contribution in [2.75, 3.05) is 13.2 Å². The minimum absolute atomic E-state index is 0. The normalized spacial score (nSPS) is 10.7. The molecule has 2 heterocycles. The van der Waals surface area contributed by atoms with Gasteiger partial charge in [0.1, 0.15) is 36.3 Å². The number of aromatic carboxylic acids is 1. The summed E-state index contributed by atoms with van der Waals surface area (Å²) < 4.78 is 22.6. The first kappa shape index (κ1) is 23.6. The number of carboxylic acids is 1. The van der Waals surface area contributed by atoms with Gasteiger partial charge in [0.15, 0.2) is 11.5 Å². The Balaban J connectivity index is 0.00000272. The zero-order chi connectivity index (χ0) is 21.3. The molecule has 4 aromatic rings. The number of hydrogen-bond donors (Lipinski definition) is 0. The molecule has 0 aliphatic heterocycles. The first-order chi connectivity index (χ1) is 14.4. The molecule has 0 atom stereocenters. The summed E-state index contributed by atoms with van der Waals surface area (Å²) in [4.78, 5) is 14.8. The Morgan fingerprint density at radius 3 is 2.35 bits per heavy atom. The van der Waals surface area contributed by atoms with Crippen LogP contribution in [0.2, 0.25) is 0 Å². The monoisotopic (exact) mass is 445 g/mol. The molecule has 2 aromatic carbocycles. The SMILES string of the molecule is Cc1ccc(C)c(OCCOc2cc3cc(-c4ncc(C(=O)[O-])o4)oc3cc2C)c1.[K+]. The summed E-state index contributed by atoms with van der Waals surface area (Å²) in [6.45, 7) is 6.76. The molecule has 0 unspecified atom stereocenters. The van der Waals surface area contributed by atoms with Crippen molar-refractivity contribution in [2.45, 2.75) is 20.8 Å². The van der Waals surface area contributed by atoms with Crippen molar-refractivity contribution in [3.63, 3.8) is 0 Å². The van der Waals surface area contributed by atoms with Crippen LogP contribution in [0.15, 0.2) is 51.4 Å². The number of nitrogens with zero attached hydrogens (tertiary/aromatic N) is 1. The molecule has 7 nitrogen and oxygen atoms in total. The average Bonchev–Trinajstić information content (AvgIpc) is 3.34. The van der Waals surface area contributed by atoms with Crippen LogP contribution in [0.4, 0.5) is 0 Å². The van der Waals surface area contributed by atoms with Gasteiger partial charge in [-0.2, -0.15) is 0 Å². The van der Waals surface area contributed by atoms with Crippen molar-refractivity contribution in [2.24, 2.45) is 0 Å². The number of carboxylic acid groups (broad SMARTS) is 1. The van der Waals surface area contributed by atoms with E-state index in [-0.39, 0.29) is 63.0 Å². The fourth-order valence-corrected chi connectivity index (χ4v) is 3.08. The first-order valence-corrected chi connectivity index (χ1v) is 9.45. The van der Waals surface area contributed by atoms with E-state index in [1.807, 2.05) is 51.1 Å². The summed E-state index contributed by atoms with van der Waals surface area (Å²) in [7, 11) is 0. The smallest absolute Gasteiger partial charge is 0.541 e. The van der Waals surface area contributed by atoms with Crippen LogP contribution < -0.4 is 66.0 Å². The van der Waals surface area contributed by atoms with E-state index in [9.17, 15) is 9.90 Å². The first-order valence-electron chi connectivity index (χ1n) is 9.45. The molecule has 0 saturated carbocycles. The molecule has 0 bridgehead atoms. The Bertz CT molecular complexity index is 1230. The summed E-state index contributed by atoms with van der Waals surface area (Å²) in [5, 5.41) is 11.6. The van der Waals surface area contributed by atoms with Crippen LogP contribution in [-0.4, -0.2) is 24.2 Å². The van der Waals surface area contributed by atoms with Crippen molar-refractivity contribution in [3.8, 4) is 23.1 Å². The average molecular weight is 446 g/mol. The van der Waals surface area contributed by atoms with Crippen molar-refractivity contribution in [1.29, 1.82) is 0 Å². The van der Waals surface area contributed by atoms with E-state index in [0.717, 1.165) is 34.0 Å². The molecule has 31 heavy (non-hydrogen) atoms. The van der Waals surface area contributed by atoms with Crippen LogP contribution in [0.25, 0.3) is 22.6 Å². The Morgan fingerprint density at radius 2 is 1.68 bits per heavy atom. The van der Waals surface area contributed by atoms with Gasteiger partial charge in [-0.15, -0.1) is 0 Å². The maximum Gasteiger partial charge on any atom is 1.00 e. The molecule has 0 spiro atoms. The summed E-state index contributed by atoms with van der Waals surface area (Å²) in [5.74, 6) is 0.183. The summed E-state index contributed by atoms with van der Waals surface area (Å²) in [6, 6.07) is 11.5. The molecule has 0 amide bonds. The van der Waals surface area contributed by atoms with Gasteiger partial charge in [0.25, 0.3) is 5.89 Å². The number of benzene rings is 2. The zero-order valence-corrected chi connectivity index (χ0v) is 21.0. The number of ether oxygens (including phenoxy) is 2. The maximum absolute atomic E-state index is 10.9. The Labute approximate surface area is 221 Å². The van der Waals surface area contributed by atoms with E-state index in [1.165, 1.54) is 0 Å². The minimum Gasteiger partial charge on any atom is -0.541 e. The molecule has 4 rings (SSSR count). The number of fused-ring (bicyclic) bond motifs is 1. The van der Waals surface area contributed by atoms with Gasteiger partial charge in [0.2, 0.25) is 0 Å². The van der Waals surface area contributed by atoms with Crippen molar-refractivity contribution in [3.05, 3.63) is 65.0 Å². The van der Waals surface area contributed by atoms with Crippen LogP contribution in [0, 0.1) is 20.8 Å². The van der Waals surface area contributed by atoms with E-state index in [1.54, 1.807) is 6.07 Å². The van der Waals surface area contributed by atoms with Crippen LogP contribution in [0.1, 0.15) is 27.2 Å². The standard InChI is InChI=1S/C23H21NO6.K/c1-13-4-5-14(2)17(8-13)27-6-7-28-18-10-16-11-20(29-19(16)9-15(18)3)22-24-12-21(30-22)23(25)26;/h4-5,8-12H,6-7H2,1-3H3,(H,25,26);/q;+1/p-1. The summed E-state index contributed by atoms with van der Waals surface area (Å²) >= 11 is 0. The van der Waals surface area contributed by atoms with Gasteiger partial charge >= 0.3 is 51.4 Å². The molecule has 0 aliphatic carbocycles. The number of furan rings is 1. The van der Waals surface area contributed by atoms with E-state index < -0.39 is 5.97 Å². The van der Waals surface area contributed by atoms with Crippen LogP contribution in [-0.2, 0) is 0 Å². The number of carbonyl (C=O) groups is 1. The quantitative estimate of drug-likeness (QED) is 0.307. The number of hydrogen-bond acceptors (Lipinski definition) is 7. The van der Waals surface area contributed by atoms with Crippen molar-refractivity contribution < 1.29 is 79.6 Å². The minimum atomic E-state index is -1.43. The number of carbonyl (C=O) groups excluding carboxylic acids is 1. The second-order valence-corrected chi connectivity index (χ2v) is 7.05. The molecule has 8 heteroatoms. The third kappa shape index (κ3) is 5.39. The van der Waals surface area contributed by atoms with E-state index in [4.69, 9.17) is 18.3 Å². The molecule has 2 aromatic heterocycles. The molecule has 0 fully saturated rings. The number of rotatable bonds is 7. The topological polar surface area (TPSA) is 97.8 Å². The molecular weight excluding hydrogens is 425 g/mol. The van der Waals surface area contributed by atoms with Gasteiger partial charge in [-0.1, -0.05) is 12.1 Å². The number of oxazole rings is 1. The van der Waals surface area contributed by atoms with Gasteiger partial charge < -0.3 is 28.2 Å². The molecule has 0 saturated heterocycles. The summed E-state index contributed by atoms with van der Waals surface area (Å²) in [5.41, 5.74) is 3.75. The Kier molecular flexibility index (Phi) is 7.61. The maximum atomic E-state index is 10.9. The fourth-order valence-electron chi connectivity index (χ4n) is 3.08. The van der Waals surface area contributed by atoms with Gasteiger partial charge in [-0.3, -0.25) is 0 Å². The second-order valence-electron chi connectivity index (χ2n) is 7.05. The van der Waals surface area contributed by atoms with E-state index in [2.05, 4.69) is 4.98 Å². The van der Waals surface area contributed by atoms with E-state index >= 15 is 0 Å².